The lowest BCUT2D eigenvalue weighted by Crippen LogP contribution is -2.65. The van der Waals surface area contributed by atoms with Crippen molar-refractivity contribution in [3.8, 4) is 17.2 Å². The van der Waals surface area contributed by atoms with Gasteiger partial charge in [0.1, 0.15) is 42.4 Å². The van der Waals surface area contributed by atoms with Gasteiger partial charge in [0.15, 0.2) is 30.2 Å². The summed E-state index contributed by atoms with van der Waals surface area (Å²) < 4.78 is 28.3. The van der Waals surface area contributed by atoms with Crippen molar-refractivity contribution in [3.63, 3.8) is 0 Å². The first kappa shape index (κ1) is 32.6. The second kappa shape index (κ2) is 14.4. The Balaban J connectivity index is 1.52. The highest BCUT2D eigenvalue weighted by atomic mass is 16.7. The largest absolute Gasteiger partial charge is 0.508 e. The van der Waals surface area contributed by atoms with Gasteiger partial charge in [-0.15, -0.1) is 0 Å². The molecule has 2 heterocycles. The van der Waals surface area contributed by atoms with Gasteiger partial charge in [-0.2, -0.15) is 0 Å². The van der Waals surface area contributed by atoms with Gasteiger partial charge in [-0.25, -0.2) is 4.79 Å². The van der Waals surface area contributed by atoms with E-state index in [1.807, 2.05) is 0 Å². The molecule has 2 aromatic carbocycles. The Morgan fingerprint density at radius 3 is 2.26 bits per heavy atom. The Kier molecular flexibility index (Phi) is 10.9. The summed E-state index contributed by atoms with van der Waals surface area (Å²) >= 11 is 0. The average Bonchev–Trinajstić information content (AvgIpc) is 2.99. The number of rotatable bonds is 10. The zero-order chi connectivity index (χ0) is 31.3. The number of benzene rings is 2. The van der Waals surface area contributed by atoms with Crippen LogP contribution in [0.5, 0.6) is 17.2 Å². The molecule has 2 aliphatic rings. The molecule has 8 N–H and O–H groups in total. The number of esters is 1. The fourth-order valence-corrected chi connectivity index (χ4v) is 4.69. The van der Waals surface area contributed by atoms with Crippen LogP contribution in [-0.2, 0) is 34.9 Å². The molecule has 0 bridgehead atoms. The number of phenols is 3. The summed E-state index contributed by atoms with van der Waals surface area (Å²) in [4.78, 5) is 12.8. The van der Waals surface area contributed by atoms with Crippen molar-refractivity contribution in [2.45, 2.75) is 74.8 Å². The second-order valence-corrected chi connectivity index (χ2v) is 10.3. The Hall–Kier alpha value is -3.31. The minimum atomic E-state index is -1.75. The van der Waals surface area contributed by atoms with Gasteiger partial charge in [0, 0.05) is 6.08 Å². The lowest BCUT2D eigenvalue weighted by Gasteiger charge is -2.46. The molecule has 14 heteroatoms. The molecule has 0 saturated carbocycles. The van der Waals surface area contributed by atoms with E-state index in [9.17, 15) is 45.6 Å². The van der Waals surface area contributed by atoms with Crippen LogP contribution >= 0.6 is 0 Å². The van der Waals surface area contributed by atoms with Gasteiger partial charge in [-0.3, -0.25) is 0 Å². The molecule has 2 saturated heterocycles. The Morgan fingerprint density at radius 1 is 0.860 bits per heavy atom. The molecule has 0 radical (unpaired) electrons. The van der Waals surface area contributed by atoms with Gasteiger partial charge >= 0.3 is 5.97 Å². The predicted octanol–water partition coefficient (Wildman–Crippen LogP) is -0.722. The van der Waals surface area contributed by atoms with Gasteiger partial charge in [0.2, 0.25) is 0 Å². The number of phenolic OH excluding ortho intramolecular Hbond substituents is 3. The number of aliphatic hydroxyl groups is 5. The number of aromatic hydroxyl groups is 3. The molecule has 43 heavy (non-hydrogen) atoms. The van der Waals surface area contributed by atoms with Crippen LogP contribution < -0.4 is 0 Å². The third-order valence-corrected chi connectivity index (χ3v) is 7.17. The normalized spacial score (nSPS) is 33.0. The smallest absolute Gasteiger partial charge is 0.331 e. The number of carbonyl (C=O) groups excluding carboxylic acids is 1. The van der Waals surface area contributed by atoms with Crippen LogP contribution in [0.3, 0.4) is 0 Å². The average molecular weight is 609 g/mol. The van der Waals surface area contributed by atoms with Crippen molar-refractivity contribution in [2.24, 2.45) is 0 Å². The third-order valence-electron chi connectivity index (χ3n) is 7.17. The van der Waals surface area contributed by atoms with Crippen LogP contribution in [0.2, 0.25) is 0 Å². The molecule has 0 aliphatic carbocycles. The quantitative estimate of drug-likeness (QED) is 0.0947. The molecular formula is C29H36O14. The maximum Gasteiger partial charge on any atom is 0.331 e. The lowest BCUT2D eigenvalue weighted by molar-refractivity contribution is -0.357. The van der Waals surface area contributed by atoms with Crippen molar-refractivity contribution in [1.82, 2.24) is 0 Å². The number of aliphatic hydroxyl groups excluding tert-OH is 5. The van der Waals surface area contributed by atoms with E-state index in [0.717, 1.165) is 11.6 Å². The molecule has 10 atom stereocenters. The summed E-state index contributed by atoms with van der Waals surface area (Å²) in [6, 6.07) is 10.2. The van der Waals surface area contributed by atoms with E-state index in [-0.39, 0.29) is 18.1 Å². The fourth-order valence-electron chi connectivity index (χ4n) is 4.69. The summed E-state index contributed by atoms with van der Waals surface area (Å²) in [5.74, 6) is -1.62. The molecule has 2 aromatic rings. The zero-order valence-corrected chi connectivity index (χ0v) is 23.1. The van der Waals surface area contributed by atoms with Crippen LogP contribution in [0, 0.1) is 0 Å². The summed E-state index contributed by atoms with van der Waals surface area (Å²) in [6.07, 6.45) is -12.1. The van der Waals surface area contributed by atoms with Gasteiger partial charge in [-0.1, -0.05) is 18.2 Å². The Labute approximate surface area is 246 Å². The minimum absolute atomic E-state index is 0.0362. The van der Waals surface area contributed by atoms with Crippen LogP contribution in [0.4, 0.5) is 0 Å². The van der Waals surface area contributed by atoms with E-state index in [2.05, 4.69) is 0 Å². The topological polar surface area (TPSA) is 225 Å². The predicted molar refractivity (Wildman–Crippen MR) is 145 cm³/mol. The molecule has 4 rings (SSSR count). The minimum Gasteiger partial charge on any atom is -0.508 e. The summed E-state index contributed by atoms with van der Waals surface area (Å²) in [5.41, 5.74) is 1.16. The van der Waals surface area contributed by atoms with Crippen LogP contribution in [-0.4, -0.2) is 121 Å². The van der Waals surface area contributed by atoms with Crippen LogP contribution in [0.15, 0.2) is 48.5 Å². The highest BCUT2D eigenvalue weighted by Gasteiger charge is 2.52. The summed E-state index contributed by atoms with van der Waals surface area (Å²) in [6.45, 7) is 0.768. The monoisotopic (exact) mass is 608 g/mol. The highest BCUT2D eigenvalue weighted by Crippen LogP contribution is 2.31. The molecule has 236 valence electrons. The van der Waals surface area contributed by atoms with Crippen molar-refractivity contribution in [1.29, 1.82) is 0 Å². The Morgan fingerprint density at radius 2 is 1.58 bits per heavy atom. The van der Waals surface area contributed by atoms with Gasteiger partial charge in [-0.05, 0) is 54.8 Å². The van der Waals surface area contributed by atoms with E-state index in [1.165, 1.54) is 43.3 Å². The first-order valence-corrected chi connectivity index (χ1v) is 13.6. The fraction of sp³-hybridized carbons (Fsp3) is 0.483. The maximum atomic E-state index is 12.8. The van der Waals surface area contributed by atoms with Gasteiger partial charge in [0.05, 0.1) is 19.3 Å². The molecule has 0 amide bonds. The van der Waals surface area contributed by atoms with E-state index >= 15 is 0 Å². The van der Waals surface area contributed by atoms with E-state index < -0.39 is 79.7 Å². The third kappa shape index (κ3) is 8.00. The van der Waals surface area contributed by atoms with E-state index in [0.29, 0.717) is 12.0 Å². The lowest BCUT2D eigenvalue weighted by atomic mass is 9.97. The number of carbonyl (C=O) groups is 1. The summed E-state index contributed by atoms with van der Waals surface area (Å²) in [7, 11) is 0. The SMILES string of the molecule is CC1OC(OC2C(O)C(OCCc3ccc(O)cc3)OC(CO)C2OC(=O)C=Cc2ccc(O)c(O)c2)C(O)C(O)C1O. The first-order chi connectivity index (χ1) is 20.5. The van der Waals surface area contributed by atoms with Crippen LogP contribution in [0.1, 0.15) is 18.1 Å². The zero-order valence-electron chi connectivity index (χ0n) is 23.1. The molecule has 2 fully saturated rings. The van der Waals surface area contributed by atoms with Crippen LogP contribution in [0.25, 0.3) is 6.08 Å². The Bertz CT molecular complexity index is 1240. The molecule has 0 aromatic heterocycles. The highest BCUT2D eigenvalue weighted by molar-refractivity contribution is 5.87. The standard InChI is InChI=1S/C29H36O14/c1-14-22(35)23(36)24(37)29(40-14)43-27-25(38)28(39-11-10-15-2-6-17(31)7-3-15)41-20(13-30)26(27)42-21(34)9-5-16-4-8-18(32)19(33)12-16/h2-9,12,14,20,22-33,35-38H,10-11,13H2,1H3. The van der Waals surface area contributed by atoms with Gasteiger partial charge in [0.25, 0.3) is 0 Å². The summed E-state index contributed by atoms with van der Waals surface area (Å²) in [5, 5.41) is 80.7. The van der Waals surface area contributed by atoms with E-state index in [4.69, 9.17) is 23.7 Å². The van der Waals surface area contributed by atoms with Crippen molar-refractivity contribution < 1.29 is 69.3 Å². The molecular weight excluding hydrogens is 572 g/mol. The number of ether oxygens (including phenoxy) is 5. The molecule has 2 aliphatic heterocycles. The molecule has 10 unspecified atom stereocenters. The molecule has 14 nitrogen and oxygen atoms in total. The number of hydrogen-bond acceptors (Lipinski definition) is 14. The second-order valence-electron chi connectivity index (χ2n) is 10.3. The molecule has 0 spiro atoms. The first-order valence-electron chi connectivity index (χ1n) is 13.6. The van der Waals surface area contributed by atoms with Crippen molar-refractivity contribution in [3.05, 3.63) is 59.7 Å². The van der Waals surface area contributed by atoms with Crippen molar-refractivity contribution >= 4 is 12.0 Å². The van der Waals surface area contributed by atoms with Gasteiger partial charge < -0.3 is 64.5 Å². The maximum absolute atomic E-state index is 12.8. The number of hydrogen-bond donors (Lipinski definition) is 8. The van der Waals surface area contributed by atoms with Crippen molar-refractivity contribution in [2.75, 3.05) is 13.2 Å². The van der Waals surface area contributed by atoms with E-state index in [1.54, 1.807) is 12.1 Å².